The van der Waals surface area contributed by atoms with E-state index >= 15 is 0 Å². The molecule has 0 amide bonds. The molecule has 18 heavy (non-hydrogen) atoms. The monoisotopic (exact) mass is 250 g/mol. The Bertz CT molecular complexity index is 368. The van der Waals surface area contributed by atoms with Crippen LogP contribution in [0.5, 0.6) is 5.75 Å². The number of carbonyl (C=O) groups is 1. The molecule has 1 aromatic rings. The Morgan fingerprint density at radius 1 is 1.22 bits per heavy atom. The second-order valence-corrected chi connectivity index (χ2v) is 5.06. The van der Waals surface area contributed by atoms with E-state index in [0.717, 1.165) is 24.2 Å². The zero-order valence-electron chi connectivity index (χ0n) is 11.3. The third kappa shape index (κ3) is 4.78. The first-order valence-electron chi connectivity index (χ1n) is 6.38. The first-order chi connectivity index (χ1) is 8.52. The van der Waals surface area contributed by atoms with Crippen LogP contribution < -0.4 is 4.74 Å². The van der Waals surface area contributed by atoms with Crippen LogP contribution in [0.15, 0.2) is 24.3 Å². The predicted molar refractivity (Wildman–Crippen MR) is 71.9 cm³/mol. The highest BCUT2D eigenvalue weighted by atomic mass is 16.5. The number of carboxylic acid groups (broad SMARTS) is 1. The molecule has 0 saturated heterocycles. The molecule has 0 aliphatic carbocycles. The first kappa shape index (κ1) is 14.6. The van der Waals surface area contributed by atoms with E-state index in [-0.39, 0.29) is 5.92 Å². The minimum atomic E-state index is -0.702. The molecule has 1 unspecified atom stereocenters. The van der Waals surface area contributed by atoms with Gasteiger partial charge in [0.05, 0.1) is 13.0 Å². The van der Waals surface area contributed by atoms with Gasteiger partial charge in [-0.05, 0) is 36.5 Å². The molecule has 1 aromatic carbocycles. The molecule has 0 heterocycles. The van der Waals surface area contributed by atoms with Crippen molar-refractivity contribution in [2.24, 2.45) is 11.8 Å². The average molecular weight is 250 g/mol. The van der Waals surface area contributed by atoms with E-state index in [0.29, 0.717) is 12.3 Å². The van der Waals surface area contributed by atoms with Crippen LogP contribution >= 0.6 is 0 Å². The largest absolute Gasteiger partial charge is 0.497 e. The summed E-state index contributed by atoms with van der Waals surface area (Å²) in [5.74, 6) is 0.350. The van der Waals surface area contributed by atoms with Gasteiger partial charge >= 0.3 is 5.97 Å². The van der Waals surface area contributed by atoms with Crippen molar-refractivity contribution < 1.29 is 14.6 Å². The molecule has 0 aromatic heterocycles. The number of ether oxygens (including phenoxy) is 1. The van der Waals surface area contributed by atoms with Crippen molar-refractivity contribution in [1.29, 1.82) is 0 Å². The SMILES string of the molecule is COc1ccc(CC(CCC(C)C)C(=O)O)cc1. The summed E-state index contributed by atoms with van der Waals surface area (Å²) in [4.78, 5) is 11.2. The second kappa shape index (κ2) is 7.04. The second-order valence-electron chi connectivity index (χ2n) is 5.06. The minimum Gasteiger partial charge on any atom is -0.497 e. The molecule has 1 rings (SSSR count). The molecule has 0 aliphatic rings. The average Bonchev–Trinajstić information content (AvgIpc) is 2.34. The maximum atomic E-state index is 11.2. The molecule has 100 valence electrons. The quantitative estimate of drug-likeness (QED) is 0.807. The Hall–Kier alpha value is -1.51. The standard InChI is InChI=1S/C15H22O3/c1-11(2)4-7-13(15(16)17)10-12-5-8-14(18-3)9-6-12/h5-6,8-9,11,13H,4,7,10H2,1-3H3,(H,16,17). The van der Waals surface area contributed by atoms with E-state index in [4.69, 9.17) is 4.74 Å². The van der Waals surface area contributed by atoms with Crippen LogP contribution in [-0.4, -0.2) is 18.2 Å². The summed E-state index contributed by atoms with van der Waals surface area (Å²) < 4.78 is 5.08. The predicted octanol–water partition coefficient (Wildman–Crippen LogP) is 3.37. The van der Waals surface area contributed by atoms with Gasteiger partial charge in [-0.1, -0.05) is 32.4 Å². The third-order valence-corrected chi connectivity index (χ3v) is 3.08. The van der Waals surface area contributed by atoms with Gasteiger partial charge in [0.15, 0.2) is 0 Å². The van der Waals surface area contributed by atoms with Gasteiger partial charge in [0.2, 0.25) is 0 Å². The molecule has 3 nitrogen and oxygen atoms in total. The van der Waals surface area contributed by atoms with Crippen LogP contribution in [-0.2, 0) is 11.2 Å². The van der Waals surface area contributed by atoms with Gasteiger partial charge in [0.1, 0.15) is 5.75 Å². The van der Waals surface area contributed by atoms with Crippen molar-refractivity contribution in [3.05, 3.63) is 29.8 Å². The summed E-state index contributed by atoms with van der Waals surface area (Å²) in [6, 6.07) is 7.61. The summed E-state index contributed by atoms with van der Waals surface area (Å²) >= 11 is 0. The third-order valence-electron chi connectivity index (χ3n) is 3.08. The van der Waals surface area contributed by atoms with Crippen molar-refractivity contribution in [3.63, 3.8) is 0 Å². The van der Waals surface area contributed by atoms with Crippen LogP contribution in [0.3, 0.4) is 0 Å². The molecule has 3 heteroatoms. The van der Waals surface area contributed by atoms with Gasteiger partial charge in [-0.15, -0.1) is 0 Å². The van der Waals surface area contributed by atoms with Crippen molar-refractivity contribution in [2.75, 3.05) is 7.11 Å². The van der Waals surface area contributed by atoms with Gasteiger partial charge in [0, 0.05) is 0 Å². The molecule has 0 saturated carbocycles. The van der Waals surface area contributed by atoms with Crippen molar-refractivity contribution in [1.82, 2.24) is 0 Å². The molecule has 0 spiro atoms. The summed E-state index contributed by atoms with van der Waals surface area (Å²) in [6.07, 6.45) is 2.28. The fourth-order valence-electron chi connectivity index (χ4n) is 1.89. The van der Waals surface area contributed by atoms with Crippen molar-refractivity contribution >= 4 is 5.97 Å². The molecule has 0 radical (unpaired) electrons. The van der Waals surface area contributed by atoms with Crippen LogP contribution in [0.2, 0.25) is 0 Å². The van der Waals surface area contributed by atoms with Crippen LogP contribution in [0.4, 0.5) is 0 Å². The number of aliphatic carboxylic acids is 1. The Kier molecular flexibility index (Phi) is 5.69. The van der Waals surface area contributed by atoms with E-state index in [9.17, 15) is 9.90 Å². The zero-order valence-corrected chi connectivity index (χ0v) is 11.3. The molecular weight excluding hydrogens is 228 g/mol. The molecule has 1 atom stereocenters. The lowest BCUT2D eigenvalue weighted by Gasteiger charge is -2.14. The summed E-state index contributed by atoms with van der Waals surface area (Å²) in [7, 11) is 1.62. The smallest absolute Gasteiger partial charge is 0.306 e. The highest BCUT2D eigenvalue weighted by Crippen LogP contribution is 2.19. The summed E-state index contributed by atoms with van der Waals surface area (Å²) in [5, 5.41) is 9.22. The maximum absolute atomic E-state index is 11.2. The Morgan fingerprint density at radius 3 is 2.28 bits per heavy atom. The fraction of sp³-hybridized carbons (Fsp3) is 0.533. The van der Waals surface area contributed by atoms with Gasteiger partial charge in [0.25, 0.3) is 0 Å². The number of benzene rings is 1. The van der Waals surface area contributed by atoms with Crippen molar-refractivity contribution in [3.8, 4) is 5.75 Å². The number of carboxylic acids is 1. The zero-order chi connectivity index (χ0) is 13.5. The van der Waals surface area contributed by atoms with Gasteiger partial charge in [-0.2, -0.15) is 0 Å². The Labute approximate surface area is 109 Å². The highest BCUT2D eigenvalue weighted by molar-refractivity contribution is 5.70. The van der Waals surface area contributed by atoms with Crippen LogP contribution in [0.1, 0.15) is 32.3 Å². The summed E-state index contributed by atoms with van der Waals surface area (Å²) in [6.45, 7) is 4.23. The minimum absolute atomic E-state index is 0.291. The lowest BCUT2D eigenvalue weighted by atomic mass is 9.92. The van der Waals surface area contributed by atoms with Gasteiger partial charge < -0.3 is 9.84 Å². The van der Waals surface area contributed by atoms with Crippen LogP contribution in [0, 0.1) is 11.8 Å². The number of hydrogen-bond acceptors (Lipinski definition) is 2. The number of rotatable bonds is 7. The normalized spacial score (nSPS) is 12.4. The molecule has 0 aliphatic heterocycles. The highest BCUT2D eigenvalue weighted by Gasteiger charge is 2.18. The Morgan fingerprint density at radius 2 is 1.83 bits per heavy atom. The van der Waals surface area contributed by atoms with Gasteiger partial charge in [-0.3, -0.25) is 4.79 Å². The lowest BCUT2D eigenvalue weighted by Crippen LogP contribution is -2.17. The number of hydrogen-bond donors (Lipinski definition) is 1. The van der Waals surface area contributed by atoms with E-state index < -0.39 is 5.97 Å². The Balaban J connectivity index is 2.61. The molecule has 1 N–H and O–H groups in total. The van der Waals surface area contributed by atoms with Crippen molar-refractivity contribution in [2.45, 2.75) is 33.1 Å². The van der Waals surface area contributed by atoms with E-state index in [1.807, 2.05) is 24.3 Å². The van der Waals surface area contributed by atoms with Crippen LogP contribution in [0.25, 0.3) is 0 Å². The first-order valence-corrected chi connectivity index (χ1v) is 6.38. The lowest BCUT2D eigenvalue weighted by molar-refractivity contribution is -0.142. The maximum Gasteiger partial charge on any atom is 0.306 e. The van der Waals surface area contributed by atoms with E-state index in [1.165, 1.54) is 0 Å². The molecule has 0 bridgehead atoms. The fourth-order valence-corrected chi connectivity index (χ4v) is 1.89. The summed E-state index contributed by atoms with van der Waals surface area (Å²) in [5.41, 5.74) is 1.05. The van der Waals surface area contributed by atoms with E-state index in [2.05, 4.69) is 13.8 Å². The molecule has 0 fully saturated rings. The van der Waals surface area contributed by atoms with Gasteiger partial charge in [-0.25, -0.2) is 0 Å². The number of methoxy groups -OCH3 is 1. The van der Waals surface area contributed by atoms with E-state index in [1.54, 1.807) is 7.11 Å². The molecular formula is C15H22O3. The topological polar surface area (TPSA) is 46.5 Å².